The molecule has 1 amide bonds. The fourth-order valence-electron chi connectivity index (χ4n) is 1.59. The quantitative estimate of drug-likeness (QED) is 0.840. The van der Waals surface area contributed by atoms with Gasteiger partial charge in [-0.2, -0.15) is 0 Å². The predicted molar refractivity (Wildman–Crippen MR) is 54.0 cm³/mol. The van der Waals surface area contributed by atoms with Crippen LogP contribution in [0.15, 0.2) is 18.2 Å². The van der Waals surface area contributed by atoms with Crippen molar-refractivity contribution < 1.29 is 18.3 Å². The van der Waals surface area contributed by atoms with Crippen molar-refractivity contribution in [2.24, 2.45) is 0 Å². The molecule has 0 aromatic heterocycles. The number of carbonyl (C=O) groups is 1. The summed E-state index contributed by atoms with van der Waals surface area (Å²) in [6.07, 6.45) is 0.870. The summed E-state index contributed by atoms with van der Waals surface area (Å²) in [4.78, 5) is 11.6. The second kappa shape index (κ2) is 4.57. The maximum atomic E-state index is 13.2. The Kier molecular flexibility index (Phi) is 3.14. The molecule has 1 fully saturated rings. The van der Waals surface area contributed by atoms with E-state index in [-0.39, 0.29) is 5.69 Å². The van der Waals surface area contributed by atoms with Crippen LogP contribution in [-0.2, 0) is 9.53 Å². The molecule has 0 spiro atoms. The number of rotatable bonds is 2. The minimum atomic E-state index is -0.659. The van der Waals surface area contributed by atoms with Crippen molar-refractivity contribution >= 4 is 11.6 Å². The lowest BCUT2D eigenvalue weighted by Crippen LogP contribution is -2.27. The molecule has 1 N–H and O–H groups in total. The predicted octanol–water partition coefficient (Wildman–Crippen LogP) is 2.08. The van der Waals surface area contributed by atoms with Crippen molar-refractivity contribution in [2.45, 2.75) is 18.9 Å². The maximum absolute atomic E-state index is 13.2. The molecule has 1 saturated heterocycles. The van der Waals surface area contributed by atoms with Crippen molar-refractivity contribution in [3.63, 3.8) is 0 Å². The van der Waals surface area contributed by atoms with Gasteiger partial charge in [0.15, 0.2) is 0 Å². The monoisotopic (exact) mass is 227 g/mol. The molecule has 0 unspecified atom stereocenters. The molecule has 16 heavy (non-hydrogen) atoms. The topological polar surface area (TPSA) is 38.3 Å². The number of halogens is 2. The summed E-state index contributed by atoms with van der Waals surface area (Å²) < 4.78 is 31.1. The first-order valence-corrected chi connectivity index (χ1v) is 5.04. The number of hydrogen-bond acceptors (Lipinski definition) is 2. The number of benzene rings is 1. The van der Waals surface area contributed by atoms with Crippen LogP contribution in [0.2, 0.25) is 0 Å². The normalized spacial score (nSPS) is 19.8. The first-order chi connectivity index (χ1) is 7.66. The number of hydrogen-bond donors (Lipinski definition) is 1. The van der Waals surface area contributed by atoms with Crippen molar-refractivity contribution in [2.75, 3.05) is 11.9 Å². The third-order valence-corrected chi connectivity index (χ3v) is 2.41. The van der Waals surface area contributed by atoms with Crippen molar-refractivity contribution in [3.8, 4) is 0 Å². The lowest BCUT2D eigenvalue weighted by molar-refractivity contribution is -0.124. The van der Waals surface area contributed by atoms with E-state index in [1.165, 1.54) is 0 Å². The highest BCUT2D eigenvalue weighted by Crippen LogP contribution is 2.18. The van der Waals surface area contributed by atoms with Gasteiger partial charge in [0, 0.05) is 12.7 Å². The van der Waals surface area contributed by atoms with Crippen LogP contribution in [0.5, 0.6) is 0 Å². The Labute approximate surface area is 91.4 Å². The van der Waals surface area contributed by atoms with E-state index in [4.69, 9.17) is 4.74 Å². The van der Waals surface area contributed by atoms with Crippen molar-refractivity contribution in [1.29, 1.82) is 0 Å². The third kappa shape index (κ3) is 2.36. The Morgan fingerprint density at radius 2 is 2.25 bits per heavy atom. The van der Waals surface area contributed by atoms with E-state index in [1.54, 1.807) is 0 Å². The van der Waals surface area contributed by atoms with Crippen LogP contribution in [-0.4, -0.2) is 18.6 Å². The van der Waals surface area contributed by atoms with Crippen LogP contribution in [0.25, 0.3) is 0 Å². The van der Waals surface area contributed by atoms with Gasteiger partial charge in [-0.25, -0.2) is 8.78 Å². The van der Waals surface area contributed by atoms with Crippen molar-refractivity contribution in [1.82, 2.24) is 0 Å². The minimum absolute atomic E-state index is 0.152. The first kappa shape index (κ1) is 11.0. The smallest absolute Gasteiger partial charge is 0.253 e. The SMILES string of the molecule is O=C(Nc1cc(F)ccc1F)[C@@H]1CCCO1. The van der Waals surface area contributed by atoms with Gasteiger partial charge in [0.05, 0.1) is 5.69 Å². The summed E-state index contributed by atoms with van der Waals surface area (Å²) in [5.74, 6) is -1.68. The zero-order valence-electron chi connectivity index (χ0n) is 8.50. The van der Waals surface area contributed by atoms with E-state index in [1.807, 2.05) is 0 Å². The summed E-state index contributed by atoms with van der Waals surface area (Å²) in [5, 5.41) is 2.31. The molecule has 1 aromatic carbocycles. The van der Waals surface area contributed by atoms with E-state index in [0.717, 1.165) is 24.6 Å². The van der Waals surface area contributed by atoms with Gasteiger partial charge in [-0.1, -0.05) is 0 Å². The second-order valence-electron chi connectivity index (χ2n) is 3.62. The average Bonchev–Trinajstić information content (AvgIpc) is 2.76. The number of amides is 1. The van der Waals surface area contributed by atoms with Crippen LogP contribution in [0.4, 0.5) is 14.5 Å². The molecular weight excluding hydrogens is 216 g/mol. The summed E-state index contributed by atoms with van der Waals surface area (Å²) in [6, 6.07) is 2.92. The second-order valence-corrected chi connectivity index (χ2v) is 3.62. The van der Waals surface area contributed by atoms with Gasteiger partial charge in [0.2, 0.25) is 0 Å². The number of anilines is 1. The summed E-state index contributed by atoms with van der Waals surface area (Å²) in [5.41, 5.74) is -0.152. The highest BCUT2D eigenvalue weighted by molar-refractivity contribution is 5.94. The first-order valence-electron chi connectivity index (χ1n) is 5.04. The zero-order chi connectivity index (χ0) is 11.5. The molecule has 0 saturated carbocycles. The highest BCUT2D eigenvalue weighted by Gasteiger charge is 2.24. The van der Waals surface area contributed by atoms with Gasteiger partial charge >= 0.3 is 0 Å². The summed E-state index contributed by atoms with van der Waals surface area (Å²) in [7, 11) is 0. The van der Waals surface area contributed by atoms with Crippen LogP contribution in [0.3, 0.4) is 0 Å². The molecular formula is C11H11F2NO2. The largest absolute Gasteiger partial charge is 0.368 e. The Balaban J connectivity index is 2.07. The van der Waals surface area contributed by atoms with Gasteiger partial charge < -0.3 is 10.1 Å². The Morgan fingerprint density at radius 3 is 2.94 bits per heavy atom. The van der Waals surface area contributed by atoms with Gasteiger partial charge in [0.25, 0.3) is 5.91 Å². The van der Waals surface area contributed by atoms with Crippen LogP contribution in [0.1, 0.15) is 12.8 Å². The molecule has 2 rings (SSSR count). The Morgan fingerprint density at radius 1 is 1.44 bits per heavy atom. The molecule has 0 aliphatic carbocycles. The lowest BCUT2D eigenvalue weighted by Gasteiger charge is -2.10. The molecule has 1 aliphatic rings. The van der Waals surface area contributed by atoms with Gasteiger partial charge in [-0.15, -0.1) is 0 Å². The number of ether oxygens (including phenoxy) is 1. The Bertz CT molecular complexity index is 403. The highest BCUT2D eigenvalue weighted by atomic mass is 19.1. The van der Waals surface area contributed by atoms with E-state index in [9.17, 15) is 13.6 Å². The van der Waals surface area contributed by atoms with Gasteiger partial charge in [-0.05, 0) is 25.0 Å². The summed E-state index contributed by atoms with van der Waals surface area (Å²) in [6.45, 7) is 0.531. The lowest BCUT2D eigenvalue weighted by atomic mass is 10.2. The number of carbonyl (C=O) groups excluding carboxylic acids is 1. The molecule has 1 aromatic rings. The fourth-order valence-corrected chi connectivity index (χ4v) is 1.59. The molecule has 5 heteroatoms. The van der Waals surface area contributed by atoms with Crippen LogP contribution < -0.4 is 5.32 Å². The molecule has 1 atom stereocenters. The third-order valence-electron chi connectivity index (χ3n) is 2.41. The van der Waals surface area contributed by atoms with E-state index >= 15 is 0 Å². The summed E-state index contributed by atoms with van der Waals surface area (Å²) >= 11 is 0. The fraction of sp³-hybridized carbons (Fsp3) is 0.364. The Hall–Kier alpha value is -1.49. The van der Waals surface area contributed by atoms with Gasteiger partial charge in [0.1, 0.15) is 17.7 Å². The van der Waals surface area contributed by atoms with Gasteiger partial charge in [-0.3, -0.25) is 4.79 Å². The zero-order valence-corrected chi connectivity index (χ0v) is 8.50. The van der Waals surface area contributed by atoms with E-state index < -0.39 is 23.6 Å². The molecule has 86 valence electrons. The molecule has 1 heterocycles. The maximum Gasteiger partial charge on any atom is 0.253 e. The standard InChI is InChI=1S/C11H11F2NO2/c12-7-3-4-8(13)9(6-7)14-11(15)10-2-1-5-16-10/h3-4,6,10H,1-2,5H2,(H,14,15)/t10-/m0/s1. The van der Waals surface area contributed by atoms with E-state index in [0.29, 0.717) is 13.0 Å². The minimum Gasteiger partial charge on any atom is -0.368 e. The average molecular weight is 227 g/mol. The molecule has 3 nitrogen and oxygen atoms in total. The van der Waals surface area contributed by atoms with Crippen LogP contribution in [0, 0.1) is 11.6 Å². The van der Waals surface area contributed by atoms with Crippen molar-refractivity contribution in [3.05, 3.63) is 29.8 Å². The van der Waals surface area contributed by atoms with Crippen LogP contribution >= 0.6 is 0 Å². The molecule has 0 radical (unpaired) electrons. The molecule has 0 bridgehead atoms. The number of nitrogens with one attached hydrogen (secondary N) is 1. The van der Waals surface area contributed by atoms with E-state index in [2.05, 4.69) is 5.32 Å². The molecule has 1 aliphatic heterocycles.